The molecule has 0 radical (unpaired) electrons. The quantitative estimate of drug-likeness (QED) is 0.719. The van der Waals surface area contributed by atoms with Gasteiger partial charge in [-0.3, -0.25) is 4.79 Å². The van der Waals surface area contributed by atoms with Gasteiger partial charge in [0.2, 0.25) is 5.91 Å². The molecule has 1 aromatic rings. The summed E-state index contributed by atoms with van der Waals surface area (Å²) >= 11 is 0. The van der Waals surface area contributed by atoms with E-state index in [-0.39, 0.29) is 11.3 Å². The molecule has 1 unspecified atom stereocenters. The highest BCUT2D eigenvalue weighted by Crippen LogP contribution is 2.40. The van der Waals surface area contributed by atoms with E-state index < -0.39 is 0 Å². The zero-order valence-corrected chi connectivity index (χ0v) is 12.7. The van der Waals surface area contributed by atoms with Gasteiger partial charge in [0.1, 0.15) is 5.75 Å². The molecule has 0 spiro atoms. The van der Waals surface area contributed by atoms with Crippen LogP contribution in [0.2, 0.25) is 0 Å². The first kappa shape index (κ1) is 15.4. The predicted molar refractivity (Wildman–Crippen MR) is 85.5 cm³/mol. The molecule has 0 fully saturated rings. The smallest absolute Gasteiger partial charge is 0.223 e. The lowest BCUT2D eigenvalue weighted by atomic mass is 9.81. The van der Waals surface area contributed by atoms with Gasteiger partial charge in [0.25, 0.3) is 0 Å². The second kappa shape index (κ2) is 6.61. The molecule has 3 heteroatoms. The molecule has 1 heterocycles. The average Bonchev–Trinajstić information content (AvgIpc) is 2.81. The summed E-state index contributed by atoms with van der Waals surface area (Å²) in [4.78, 5) is 14.4. The number of fused-ring (bicyclic) bond motifs is 1. The van der Waals surface area contributed by atoms with Gasteiger partial charge < -0.3 is 9.64 Å². The zero-order chi connectivity index (χ0) is 15.3. The third-order valence-corrected chi connectivity index (χ3v) is 3.93. The lowest BCUT2D eigenvalue weighted by molar-refractivity contribution is -0.132. The Kier molecular flexibility index (Phi) is 4.84. The highest BCUT2D eigenvalue weighted by Gasteiger charge is 2.38. The van der Waals surface area contributed by atoms with Crippen LogP contribution < -0.4 is 4.74 Å². The molecule has 0 aromatic heterocycles. The number of nitrogens with zero attached hydrogens (tertiary/aromatic N) is 1. The molecule has 1 aliphatic heterocycles. The van der Waals surface area contributed by atoms with E-state index in [4.69, 9.17) is 4.74 Å². The van der Waals surface area contributed by atoms with Crippen LogP contribution in [-0.2, 0) is 10.2 Å². The Morgan fingerprint density at radius 3 is 2.86 bits per heavy atom. The van der Waals surface area contributed by atoms with E-state index in [9.17, 15) is 4.79 Å². The molecule has 112 valence electrons. The van der Waals surface area contributed by atoms with Crippen molar-refractivity contribution in [1.82, 2.24) is 4.90 Å². The average molecular weight is 285 g/mol. The van der Waals surface area contributed by atoms with Gasteiger partial charge in [-0.2, -0.15) is 0 Å². The molecule has 2 rings (SSSR count). The van der Waals surface area contributed by atoms with Crippen molar-refractivity contribution in [2.75, 3.05) is 19.7 Å². The van der Waals surface area contributed by atoms with Gasteiger partial charge in [0.05, 0.1) is 6.61 Å². The molecule has 1 aromatic carbocycles. The predicted octanol–water partition coefficient (Wildman–Crippen LogP) is 3.32. The van der Waals surface area contributed by atoms with Gasteiger partial charge in [-0.05, 0) is 12.5 Å². The maximum absolute atomic E-state index is 12.6. The molecule has 0 bridgehead atoms. The third-order valence-electron chi connectivity index (χ3n) is 3.93. The Morgan fingerprint density at radius 1 is 1.38 bits per heavy atom. The summed E-state index contributed by atoms with van der Waals surface area (Å²) in [5.41, 5.74) is 0.877. The fraction of sp³-hybridized carbons (Fsp3) is 0.389. The summed E-state index contributed by atoms with van der Waals surface area (Å²) in [6.45, 7) is 11.4. The molecule has 1 atom stereocenters. The minimum atomic E-state index is -0.249. The molecular formula is C18H23NO2. The number of amides is 1. The number of para-hydroxylation sites is 1. The van der Waals surface area contributed by atoms with Gasteiger partial charge >= 0.3 is 0 Å². The summed E-state index contributed by atoms with van der Waals surface area (Å²) in [5.74, 6) is 1.04. The lowest BCUT2D eigenvalue weighted by Crippen LogP contribution is -2.38. The summed E-state index contributed by atoms with van der Waals surface area (Å²) in [5, 5.41) is 0. The van der Waals surface area contributed by atoms with Gasteiger partial charge in [-0.25, -0.2) is 0 Å². The van der Waals surface area contributed by atoms with Crippen molar-refractivity contribution < 1.29 is 9.53 Å². The van der Waals surface area contributed by atoms with Gasteiger partial charge in [-0.1, -0.05) is 37.3 Å². The van der Waals surface area contributed by atoms with E-state index in [2.05, 4.69) is 26.1 Å². The Morgan fingerprint density at radius 2 is 2.14 bits per heavy atom. The Bertz CT molecular complexity index is 538. The van der Waals surface area contributed by atoms with Crippen LogP contribution in [0.1, 0.15) is 25.3 Å². The third kappa shape index (κ3) is 3.35. The fourth-order valence-electron chi connectivity index (χ4n) is 2.72. The maximum Gasteiger partial charge on any atom is 0.223 e. The maximum atomic E-state index is 12.6. The van der Waals surface area contributed by atoms with E-state index >= 15 is 0 Å². The van der Waals surface area contributed by atoms with Crippen LogP contribution in [0.25, 0.3) is 0 Å². The topological polar surface area (TPSA) is 29.5 Å². The molecule has 1 aliphatic rings. The molecule has 3 nitrogen and oxygen atoms in total. The minimum Gasteiger partial charge on any atom is -0.492 e. The summed E-state index contributed by atoms with van der Waals surface area (Å²) in [6.07, 6.45) is 4.85. The van der Waals surface area contributed by atoms with Crippen LogP contribution in [-0.4, -0.2) is 30.5 Å². The van der Waals surface area contributed by atoms with E-state index in [1.54, 1.807) is 6.08 Å². The lowest BCUT2D eigenvalue weighted by Gasteiger charge is -2.27. The van der Waals surface area contributed by atoms with Crippen LogP contribution in [0, 0.1) is 0 Å². The first-order valence-corrected chi connectivity index (χ1v) is 7.32. The number of benzene rings is 1. The van der Waals surface area contributed by atoms with Crippen molar-refractivity contribution in [2.45, 2.75) is 25.2 Å². The summed E-state index contributed by atoms with van der Waals surface area (Å²) in [6, 6.07) is 7.97. The molecule has 0 saturated heterocycles. The van der Waals surface area contributed by atoms with Crippen LogP contribution >= 0.6 is 0 Å². The number of carbonyl (C=O) groups excluding carboxylic acids is 1. The zero-order valence-electron chi connectivity index (χ0n) is 12.7. The van der Waals surface area contributed by atoms with Gasteiger partial charge in [0, 0.05) is 30.5 Å². The summed E-state index contributed by atoms with van der Waals surface area (Å²) < 4.78 is 5.73. The van der Waals surface area contributed by atoms with Crippen LogP contribution in [0.15, 0.2) is 49.6 Å². The van der Waals surface area contributed by atoms with Gasteiger partial charge in [-0.15, -0.1) is 13.2 Å². The highest BCUT2D eigenvalue weighted by molar-refractivity contribution is 5.78. The van der Waals surface area contributed by atoms with E-state index in [1.807, 2.05) is 29.2 Å². The molecule has 21 heavy (non-hydrogen) atoms. The molecule has 0 N–H and O–H groups in total. The normalized spacial score (nSPS) is 19.5. The fourth-order valence-corrected chi connectivity index (χ4v) is 2.72. The minimum absolute atomic E-state index is 0.138. The van der Waals surface area contributed by atoms with Crippen molar-refractivity contribution in [3.8, 4) is 5.75 Å². The second-order valence-electron chi connectivity index (χ2n) is 5.73. The van der Waals surface area contributed by atoms with Crippen molar-refractivity contribution in [2.24, 2.45) is 0 Å². The van der Waals surface area contributed by atoms with Crippen LogP contribution in [0.4, 0.5) is 0 Å². The van der Waals surface area contributed by atoms with Crippen molar-refractivity contribution in [3.05, 3.63) is 55.1 Å². The number of hydrogen-bond acceptors (Lipinski definition) is 2. The number of carbonyl (C=O) groups is 1. The van der Waals surface area contributed by atoms with Crippen molar-refractivity contribution in [3.63, 3.8) is 0 Å². The van der Waals surface area contributed by atoms with E-state index in [1.165, 1.54) is 0 Å². The molecule has 1 amide bonds. The van der Waals surface area contributed by atoms with E-state index in [0.717, 1.165) is 17.7 Å². The highest BCUT2D eigenvalue weighted by atomic mass is 16.5. The monoisotopic (exact) mass is 285 g/mol. The standard InChI is InChI=1S/C18H23NO2/c1-4-6-12-19(11-5-2)17(20)13-18(3)14-21-16-10-8-7-9-15(16)18/h4-5,7-10H,1-2,6,11-14H2,3H3. The molecule has 0 saturated carbocycles. The summed E-state index contributed by atoms with van der Waals surface area (Å²) in [7, 11) is 0. The van der Waals surface area contributed by atoms with Crippen LogP contribution in [0.5, 0.6) is 5.75 Å². The Hall–Kier alpha value is -2.03. The second-order valence-corrected chi connectivity index (χ2v) is 5.73. The SMILES string of the molecule is C=CCCN(CC=C)C(=O)CC1(C)COc2ccccc21. The van der Waals surface area contributed by atoms with Crippen molar-refractivity contribution in [1.29, 1.82) is 0 Å². The van der Waals surface area contributed by atoms with Crippen molar-refractivity contribution >= 4 is 5.91 Å². The number of rotatable bonds is 7. The largest absolute Gasteiger partial charge is 0.492 e. The Balaban J connectivity index is 2.11. The van der Waals surface area contributed by atoms with Crippen LogP contribution in [0.3, 0.4) is 0 Å². The van der Waals surface area contributed by atoms with Gasteiger partial charge in [0.15, 0.2) is 0 Å². The first-order valence-electron chi connectivity index (χ1n) is 7.32. The molecular weight excluding hydrogens is 262 g/mol. The molecule has 0 aliphatic carbocycles. The first-order chi connectivity index (χ1) is 10.1. The number of ether oxygens (including phenoxy) is 1. The van der Waals surface area contributed by atoms with E-state index in [0.29, 0.717) is 26.1 Å². The number of hydrogen-bond donors (Lipinski definition) is 0. The Labute approximate surface area is 126 Å².